The molecule has 3 amide bonds. The lowest BCUT2D eigenvalue weighted by Crippen LogP contribution is -2.48. The lowest BCUT2D eigenvalue weighted by molar-refractivity contribution is -0.131. The molecule has 1 aliphatic carbocycles. The van der Waals surface area contributed by atoms with Crippen LogP contribution in [0.2, 0.25) is 0 Å². The summed E-state index contributed by atoms with van der Waals surface area (Å²) in [7, 11) is 3.42. The molecular formula is C43H49N9O7. The van der Waals surface area contributed by atoms with Gasteiger partial charge in [0.1, 0.15) is 23.5 Å². The Morgan fingerprint density at radius 1 is 1.08 bits per heavy atom. The van der Waals surface area contributed by atoms with Gasteiger partial charge in [-0.3, -0.25) is 24.1 Å². The topological polar surface area (TPSA) is 194 Å². The summed E-state index contributed by atoms with van der Waals surface area (Å²) in [6.07, 6.45) is 7.28. The van der Waals surface area contributed by atoms with E-state index in [-0.39, 0.29) is 30.5 Å². The predicted molar refractivity (Wildman–Crippen MR) is 223 cm³/mol. The van der Waals surface area contributed by atoms with Gasteiger partial charge >= 0.3 is 0 Å². The van der Waals surface area contributed by atoms with Crippen LogP contribution in [-0.4, -0.2) is 92.1 Å². The molecule has 1 aliphatic rings. The van der Waals surface area contributed by atoms with Crippen LogP contribution in [0.15, 0.2) is 78.2 Å². The van der Waals surface area contributed by atoms with Gasteiger partial charge in [0.2, 0.25) is 18.3 Å². The van der Waals surface area contributed by atoms with E-state index in [1.165, 1.54) is 17.9 Å². The first kappa shape index (κ1) is 41.9. The summed E-state index contributed by atoms with van der Waals surface area (Å²) in [5.74, 6) is -0.112. The second-order valence-corrected chi connectivity index (χ2v) is 14.3. The third-order valence-corrected chi connectivity index (χ3v) is 10.4. The molecule has 3 N–H and O–H groups in total. The van der Waals surface area contributed by atoms with Crippen LogP contribution in [-0.2, 0) is 27.3 Å². The molecule has 3 heterocycles. The van der Waals surface area contributed by atoms with Crippen LogP contribution in [0.1, 0.15) is 71.8 Å². The summed E-state index contributed by atoms with van der Waals surface area (Å²) in [5, 5.41) is 16.5. The Morgan fingerprint density at radius 2 is 1.88 bits per heavy atom. The maximum Gasteiger partial charge on any atom is 0.278 e. The fourth-order valence-electron chi connectivity index (χ4n) is 7.23. The number of carbonyl (C=O) groups is 4. The molecule has 59 heavy (non-hydrogen) atoms. The highest BCUT2D eigenvalue weighted by Crippen LogP contribution is 2.31. The van der Waals surface area contributed by atoms with E-state index in [1.54, 1.807) is 35.9 Å². The monoisotopic (exact) mass is 803 g/mol. The highest BCUT2D eigenvalue weighted by Gasteiger charge is 2.32. The van der Waals surface area contributed by atoms with Crippen LogP contribution in [0.25, 0.3) is 16.9 Å². The zero-order valence-corrected chi connectivity index (χ0v) is 33.5. The Morgan fingerprint density at radius 3 is 2.61 bits per heavy atom. The van der Waals surface area contributed by atoms with Crippen LogP contribution < -0.4 is 25.8 Å². The van der Waals surface area contributed by atoms with E-state index in [0.29, 0.717) is 65.5 Å². The van der Waals surface area contributed by atoms with Crippen LogP contribution >= 0.6 is 0 Å². The van der Waals surface area contributed by atoms with Gasteiger partial charge in [-0.05, 0) is 93.0 Å². The van der Waals surface area contributed by atoms with Gasteiger partial charge < -0.3 is 30.2 Å². The number of amides is 3. The molecule has 2 atom stereocenters. The van der Waals surface area contributed by atoms with Crippen molar-refractivity contribution in [2.75, 3.05) is 37.5 Å². The highest BCUT2D eigenvalue weighted by molar-refractivity contribution is 6.05. The number of nitrogens with zero attached hydrogens (tertiary/aromatic N) is 7. The summed E-state index contributed by atoms with van der Waals surface area (Å²) in [6, 6.07) is 15.6. The maximum atomic E-state index is 13.6. The van der Waals surface area contributed by atoms with E-state index in [9.17, 15) is 29.1 Å². The number of aliphatic hydroxyl groups excluding tert-OH is 1. The van der Waals surface area contributed by atoms with Crippen molar-refractivity contribution < 1.29 is 29.0 Å². The SMILES string of the molecule is C=CCn1c(=O)c2cnc(Nc3ccc(N(C)CCCCCOc4cccc(C)c4C(=O)N(C=O)C(CCC=O)C(=O)NC)cc3)nc2n1-c1ccc2c(n1)C(O)CC2. The molecule has 0 saturated carbocycles. The standard InChI is InChI=1S/C43H49N9O7/c1-5-22-51-41(57)32-26-45-43(48-39(32)52(51)36-21-15-29-14-20-34(55)38(29)47-36)46-30-16-18-31(19-17-30)49(4)23-7-6-8-25-59-35-13-9-11-28(2)37(35)42(58)50(27-54)33(12-10-24-53)40(56)44-3/h5,9,11,13,15-19,21,24,26-27,33-34,55H,1,6-8,10,12,14,20,22-23,25H2,2-4H3,(H,44,56)(H,45,46,48). The molecule has 2 aromatic carbocycles. The molecule has 5 aromatic rings. The second-order valence-electron chi connectivity index (χ2n) is 14.3. The smallest absolute Gasteiger partial charge is 0.278 e. The van der Waals surface area contributed by atoms with Gasteiger partial charge in [0.25, 0.3) is 11.5 Å². The summed E-state index contributed by atoms with van der Waals surface area (Å²) in [6.45, 7) is 6.90. The number of unbranched alkanes of at least 4 members (excludes halogenated alkanes) is 2. The number of aliphatic hydroxyl groups is 1. The van der Waals surface area contributed by atoms with Crippen LogP contribution in [0.5, 0.6) is 5.75 Å². The summed E-state index contributed by atoms with van der Waals surface area (Å²) in [4.78, 5) is 79.4. The van der Waals surface area contributed by atoms with E-state index in [2.05, 4.69) is 27.1 Å². The molecule has 16 heteroatoms. The Hall–Kier alpha value is -6.68. The Balaban J connectivity index is 1.04. The number of rotatable bonds is 20. The van der Waals surface area contributed by atoms with Gasteiger partial charge in [0.05, 0.1) is 30.5 Å². The molecule has 0 fully saturated rings. The molecule has 0 radical (unpaired) electrons. The number of allylic oxidation sites excluding steroid dienone is 1. The molecule has 0 aliphatic heterocycles. The van der Waals surface area contributed by atoms with Gasteiger partial charge in [-0.25, -0.2) is 19.3 Å². The van der Waals surface area contributed by atoms with Crippen LogP contribution in [0.4, 0.5) is 17.3 Å². The highest BCUT2D eigenvalue weighted by atomic mass is 16.5. The van der Waals surface area contributed by atoms with E-state index in [4.69, 9.17) is 14.7 Å². The van der Waals surface area contributed by atoms with E-state index in [0.717, 1.165) is 54.1 Å². The Bertz CT molecular complexity index is 2390. The molecule has 2 unspecified atom stereocenters. The van der Waals surface area contributed by atoms with E-state index >= 15 is 0 Å². The number of hydrogen-bond acceptors (Lipinski definition) is 12. The first-order valence-electron chi connectivity index (χ1n) is 19.6. The van der Waals surface area contributed by atoms with Crippen molar-refractivity contribution in [2.24, 2.45) is 0 Å². The van der Waals surface area contributed by atoms with Crippen molar-refractivity contribution >= 4 is 52.9 Å². The molecule has 6 rings (SSSR count). The number of hydrogen-bond donors (Lipinski definition) is 3. The number of pyridine rings is 1. The Kier molecular flexibility index (Phi) is 13.6. The molecule has 3 aromatic heterocycles. The quantitative estimate of drug-likeness (QED) is 0.0565. The van der Waals surface area contributed by atoms with Crippen molar-refractivity contribution in [3.63, 3.8) is 0 Å². The second kappa shape index (κ2) is 19.2. The third-order valence-electron chi connectivity index (χ3n) is 10.4. The molecule has 308 valence electrons. The predicted octanol–water partition coefficient (Wildman–Crippen LogP) is 4.57. The fourth-order valence-corrected chi connectivity index (χ4v) is 7.23. The van der Waals surface area contributed by atoms with Crippen molar-refractivity contribution in [3.05, 3.63) is 106 Å². The minimum absolute atomic E-state index is 0.0111. The zero-order chi connectivity index (χ0) is 42.1. The van der Waals surface area contributed by atoms with Gasteiger partial charge in [-0.1, -0.05) is 24.3 Å². The number of fused-ring (bicyclic) bond motifs is 2. The lowest BCUT2D eigenvalue weighted by Gasteiger charge is -2.26. The summed E-state index contributed by atoms with van der Waals surface area (Å²) >= 11 is 0. The van der Waals surface area contributed by atoms with Crippen molar-refractivity contribution in [2.45, 2.75) is 70.6 Å². The number of carbonyl (C=O) groups excluding carboxylic acids is 4. The lowest BCUT2D eigenvalue weighted by atomic mass is 10.0. The third kappa shape index (κ3) is 9.23. The minimum atomic E-state index is -1.13. The van der Waals surface area contributed by atoms with Crippen molar-refractivity contribution in [1.29, 1.82) is 0 Å². The van der Waals surface area contributed by atoms with Crippen LogP contribution in [0, 0.1) is 6.92 Å². The molecule has 0 saturated heterocycles. The molecule has 0 bridgehead atoms. The average Bonchev–Trinajstić information content (AvgIpc) is 3.75. The average molecular weight is 804 g/mol. The summed E-state index contributed by atoms with van der Waals surface area (Å²) in [5.41, 5.74) is 4.27. The molecule has 0 spiro atoms. The number of ether oxygens (including phenoxy) is 1. The summed E-state index contributed by atoms with van der Waals surface area (Å²) < 4.78 is 9.19. The number of imide groups is 1. The number of aldehydes is 1. The van der Waals surface area contributed by atoms with Crippen molar-refractivity contribution in [1.82, 2.24) is 34.5 Å². The maximum absolute atomic E-state index is 13.6. The normalized spacial score (nSPS) is 13.7. The van der Waals surface area contributed by atoms with E-state index < -0.39 is 24.0 Å². The Labute approximate surface area is 341 Å². The first-order chi connectivity index (χ1) is 28.6. The van der Waals surface area contributed by atoms with Gasteiger partial charge in [0, 0.05) is 44.6 Å². The number of likely N-dealkylation sites (N-methyl/N-ethyl adjacent to an activating group) is 1. The molecular weight excluding hydrogens is 755 g/mol. The minimum Gasteiger partial charge on any atom is -0.493 e. The number of anilines is 3. The van der Waals surface area contributed by atoms with Gasteiger partial charge in [-0.15, -0.1) is 6.58 Å². The van der Waals surface area contributed by atoms with Gasteiger partial charge in [0.15, 0.2) is 11.5 Å². The number of benzene rings is 2. The number of nitrogens with one attached hydrogen (secondary N) is 2. The van der Waals surface area contributed by atoms with Crippen molar-refractivity contribution in [3.8, 4) is 11.6 Å². The first-order valence-corrected chi connectivity index (χ1v) is 19.6. The fraction of sp³-hybridized carbons (Fsp3) is 0.349. The van der Waals surface area contributed by atoms with E-state index in [1.807, 2.05) is 43.4 Å². The van der Waals surface area contributed by atoms with Crippen LogP contribution in [0.3, 0.4) is 0 Å². The largest absolute Gasteiger partial charge is 0.493 e. The zero-order valence-electron chi connectivity index (χ0n) is 33.5. The van der Waals surface area contributed by atoms with Gasteiger partial charge in [-0.2, -0.15) is 4.98 Å². The molecule has 16 nitrogen and oxygen atoms in total. The number of aryl methyl sites for hydroxylation is 2. The number of aromatic nitrogens is 5.